The van der Waals surface area contributed by atoms with Crippen molar-refractivity contribution in [3.63, 3.8) is 0 Å². The van der Waals surface area contributed by atoms with E-state index in [9.17, 15) is 0 Å². The molecule has 3 heterocycles. The van der Waals surface area contributed by atoms with Gasteiger partial charge in [-0.2, -0.15) is 0 Å². The molecule has 178 valence electrons. The fourth-order valence-electron chi connectivity index (χ4n) is 5.50. The van der Waals surface area contributed by atoms with E-state index in [1.807, 2.05) is 18.2 Å². The maximum Gasteiger partial charge on any atom is 0.193 e. The molecule has 6 heteroatoms. The molecule has 0 atom stereocenters. The number of nitrogens with one attached hydrogen (secondary N) is 1. The Kier molecular flexibility index (Phi) is 8.31. The van der Waals surface area contributed by atoms with Crippen LogP contribution < -0.4 is 10.1 Å². The van der Waals surface area contributed by atoms with Crippen LogP contribution in [0, 0.1) is 0 Å². The average Bonchev–Trinajstić information content (AvgIpc) is 2.85. The van der Waals surface area contributed by atoms with Crippen LogP contribution in [0.4, 0.5) is 0 Å². The highest BCUT2D eigenvalue weighted by Gasteiger charge is 2.39. The van der Waals surface area contributed by atoms with Crippen molar-refractivity contribution in [2.75, 3.05) is 59.4 Å². The summed E-state index contributed by atoms with van der Waals surface area (Å²) in [6.07, 6.45) is 8.93. The molecule has 1 aromatic rings. The number of hydrogen-bond acceptors (Lipinski definition) is 4. The van der Waals surface area contributed by atoms with E-state index in [1.165, 1.54) is 58.3 Å². The minimum atomic E-state index is 0.238. The monoisotopic (exact) mass is 441 g/mol. The lowest BCUT2D eigenvalue weighted by molar-refractivity contribution is 0.0205. The molecular formula is C26H43N5O. The summed E-state index contributed by atoms with van der Waals surface area (Å²) < 4.78 is 6.21. The lowest BCUT2D eigenvalue weighted by Crippen LogP contribution is -2.58. The van der Waals surface area contributed by atoms with Crippen molar-refractivity contribution in [3.8, 4) is 5.75 Å². The summed E-state index contributed by atoms with van der Waals surface area (Å²) in [5, 5.41) is 3.59. The molecule has 3 aliphatic rings. The summed E-state index contributed by atoms with van der Waals surface area (Å²) in [7, 11) is 2.26. The van der Waals surface area contributed by atoms with Gasteiger partial charge in [0.2, 0.25) is 0 Å². The second kappa shape index (κ2) is 11.4. The molecule has 4 rings (SSSR count). The number of likely N-dealkylation sites (tertiary alicyclic amines) is 3. The number of rotatable bonds is 6. The van der Waals surface area contributed by atoms with Crippen molar-refractivity contribution in [2.24, 2.45) is 4.99 Å². The first-order valence-electron chi connectivity index (χ1n) is 12.9. The van der Waals surface area contributed by atoms with Gasteiger partial charge in [0.15, 0.2) is 5.96 Å². The Bertz CT molecular complexity index is 702. The van der Waals surface area contributed by atoms with Crippen molar-refractivity contribution >= 4 is 5.96 Å². The van der Waals surface area contributed by atoms with Gasteiger partial charge in [0.05, 0.1) is 6.54 Å². The zero-order valence-electron chi connectivity index (χ0n) is 20.3. The molecular weight excluding hydrogens is 398 g/mol. The standard InChI is InChI=1S/C26H43N5O/c1-3-27-25(30-18-12-24(13-19-30)32-23-10-6-4-7-11-23)28-22-26(14-20-29(2)21-15-26)31-16-8-5-9-17-31/h4,6-7,10-11,24H,3,5,8-9,12-22H2,1-2H3,(H,27,28). The quantitative estimate of drug-likeness (QED) is 0.541. The van der Waals surface area contributed by atoms with Crippen molar-refractivity contribution in [2.45, 2.75) is 63.5 Å². The number of hydrogen-bond donors (Lipinski definition) is 1. The molecule has 6 nitrogen and oxygen atoms in total. The molecule has 1 aromatic carbocycles. The third-order valence-corrected chi connectivity index (χ3v) is 7.59. The lowest BCUT2D eigenvalue weighted by Gasteiger charge is -2.49. The lowest BCUT2D eigenvalue weighted by atomic mass is 9.84. The number of benzene rings is 1. The molecule has 3 saturated heterocycles. The van der Waals surface area contributed by atoms with E-state index in [2.05, 4.69) is 46.1 Å². The molecule has 1 N–H and O–H groups in total. The number of aliphatic imine (C=N–C) groups is 1. The molecule has 0 bridgehead atoms. The molecule has 0 unspecified atom stereocenters. The van der Waals surface area contributed by atoms with E-state index in [-0.39, 0.29) is 5.54 Å². The van der Waals surface area contributed by atoms with Crippen molar-refractivity contribution in [1.29, 1.82) is 0 Å². The minimum Gasteiger partial charge on any atom is -0.490 e. The summed E-state index contributed by atoms with van der Waals surface area (Å²) in [6.45, 7) is 10.9. The Morgan fingerprint density at radius 1 is 1.00 bits per heavy atom. The van der Waals surface area contributed by atoms with Gasteiger partial charge in [-0.05, 0) is 78.0 Å². The van der Waals surface area contributed by atoms with Crippen LogP contribution in [-0.4, -0.2) is 91.7 Å². The predicted molar refractivity (Wildman–Crippen MR) is 133 cm³/mol. The van der Waals surface area contributed by atoms with Gasteiger partial charge in [0, 0.05) is 38.0 Å². The van der Waals surface area contributed by atoms with E-state index < -0.39 is 0 Å². The number of piperidine rings is 3. The molecule has 0 amide bonds. The first-order valence-corrected chi connectivity index (χ1v) is 12.9. The molecule has 0 aromatic heterocycles. The second-order valence-corrected chi connectivity index (χ2v) is 9.86. The highest BCUT2D eigenvalue weighted by atomic mass is 16.5. The SMILES string of the molecule is CCNC(=NCC1(N2CCCCC2)CCN(C)CC1)N1CCC(Oc2ccccc2)CC1. The van der Waals surface area contributed by atoms with Crippen LogP contribution in [0.3, 0.4) is 0 Å². The normalized spacial score (nSPS) is 23.8. The summed E-state index contributed by atoms with van der Waals surface area (Å²) >= 11 is 0. The number of para-hydroxylation sites is 1. The van der Waals surface area contributed by atoms with E-state index >= 15 is 0 Å². The van der Waals surface area contributed by atoms with Gasteiger partial charge in [-0.15, -0.1) is 0 Å². The minimum absolute atomic E-state index is 0.238. The summed E-state index contributed by atoms with van der Waals surface area (Å²) in [4.78, 5) is 13.0. The molecule has 0 spiro atoms. The zero-order chi connectivity index (χ0) is 22.2. The first kappa shape index (κ1) is 23.4. The molecule has 3 fully saturated rings. The topological polar surface area (TPSA) is 43.3 Å². The van der Waals surface area contributed by atoms with Crippen molar-refractivity contribution < 1.29 is 4.74 Å². The molecule has 0 aliphatic carbocycles. The van der Waals surface area contributed by atoms with Crippen LogP contribution in [0.25, 0.3) is 0 Å². The van der Waals surface area contributed by atoms with E-state index in [0.29, 0.717) is 6.10 Å². The number of guanidine groups is 1. The number of nitrogens with zero attached hydrogens (tertiary/aromatic N) is 4. The average molecular weight is 442 g/mol. The van der Waals surface area contributed by atoms with Crippen LogP contribution in [0.2, 0.25) is 0 Å². The Morgan fingerprint density at radius 3 is 2.34 bits per heavy atom. The summed E-state index contributed by atoms with van der Waals surface area (Å²) in [5.74, 6) is 2.08. The summed E-state index contributed by atoms with van der Waals surface area (Å²) in [6, 6.07) is 10.2. The Labute approximate surface area is 195 Å². The largest absolute Gasteiger partial charge is 0.490 e. The van der Waals surface area contributed by atoms with Crippen molar-refractivity contribution in [1.82, 2.24) is 20.0 Å². The van der Waals surface area contributed by atoms with Gasteiger partial charge in [-0.25, -0.2) is 0 Å². The van der Waals surface area contributed by atoms with E-state index in [0.717, 1.165) is 50.7 Å². The third kappa shape index (κ3) is 5.96. The Morgan fingerprint density at radius 2 is 1.69 bits per heavy atom. The molecule has 3 aliphatic heterocycles. The fraction of sp³-hybridized carbons (Fsp3) is 0.731. The van der Waals surface area contributed by atoms with Gasteiger partial charge in [0.1, 0.15) is 11.9 Å². The number of ether oxygens (including phenoxy) is 1. The maximum atomic E-state index is 6.21. The van der Waals surface area contributed by atoms with Gasteiger partial charge < -0.3 is 19.9 Å². The van der Waals surface area contributed by atoms with E-state index in [1.54, 1.807) is 0 Å². The highest BCUT2D eigenvalue weighted by Crippen LogP contribution is 2.32. The van der Waals surface area contributed by atoms with Gasteiger partial charge in [-0.3, -0.25) is 9.89 Å². The van der Waals surface area contributed by atoms with Gasteiger partial charge >= 0.3 is 0 Å². The van der Waals surface area contributed by atoms with Crippen LogP contribution >= 0.6 is 0 Å². The predicted octanol–water partition coefficient (Wildman–Crippen LogP) is 3.45. The van der Waals surface area contributed by atoms with Gasteiger partial charge in [-0.1, -0.05) is 24.6 Å². The first-order chi connectivity index (χ1) is 15.7. The molecule has 0 radical (unpaired) electrons. The van der Waals surface area contributed by atoms with Crippen LogP contribution in [0.15, 0.2) is 35.3 Å². The van der Waals surface area contributed by atoms with Crippen LogP contribution in [0.1, 0.15) is 51.9 Å². The fourth-order valence-corrected chi connectivity index (χ4v) is 5.50. The van der Waals surface area contributed by atoms with Crippen molar-refractivity contribution in [3.05, 3.63) is 30.3 Å². The summed E-state index contributed by atoms with van der Waals surface area (Å²) in [5.41, 5.74) is 0.238. The highest BCUT2D eigenvalue weighted by molar-refractivity contribution is 5.80. The van der Waals surface area contributed by atoms with Gasteiger partial charge in [0.25, 0.3) is 0 Å². The van der Waals surface area contributed by atoms with Crippen LogP contribution in [-0.2, 0) is 0 Å². The van der Waals surface area contributed by atoms with E-state index in [4.69, 9.17) is 9.73 Å². The smallest absolute Gasteiger partial charge is 0.193 e. The zero-order valence-corrected chi connectivity index (χ0v) is 20.3. The Balaban J connectivity index is 1.39. The van der Waals surface area contributed by atoms with Crippen LogP contribution in [0.5, 0.6) is 5.75 Å². The third-order valence-electron chi connectivity index (χ3n) is 7.59. The molecule has 32 heavy (non-hydrogen) atoms. The Hall–Kier alpha value is -1.79. The maximum absolute atomic E-state index is 6.21. The molecule has 0 saturated carbocycles. The second-order valence-electron chi connectivity index (χ2n) is 9.86.